The van der Waals surface area contributed by atoms with E-state index in [9.17, 15) is 0 Å². The van der Waals surface area contributed by atoms with Gasteiger partial charge in [0.15, 0.2) is 5.65 Å². The fourth-order valence-electron chi connectivity index (χ4n) is 3.36. The van der Waals surface area contributed by atoms with E-state index >= 15 is 0 Å². The van der Waals surface area contributed by atoms with E-state index in [1.54, 1.807) is 0 Å². The smallest absolute Gasteiger partial charge is 0.157 e. The number of hydrogen-bond donors (Lipinski definition) is 2. The quantitative estimate of drug-likeness (QED) is 0.748. The number of nitrogens with zero attached hydrogens (tertiary/aromatic N) is 2. The molecule has 2 N–H and O–H groups in total. The summed E-state index contributed by atoms with van der Waals surface area (Å²) in [6.45, 7) is 0.712. The van der Waals surface area contributed by atoms with Gasteiger partial charge in [-0.2, -0.15) is 5.10 Å². The lowest BCUT2D eigenvalue weighted by Gasteiger charge is -2.30. The van der Waals surface area contributed by atoms with Crippen LogP contribution in [0.15, 0.2) is 48.8 Å². The van der Waals surface area contributed by atoms with Crippen molar-refractivity contribution in [2.45, 2.75) is 44.4 Å². The maximum absolute atomic E-state index is 6.07. The molecular weight excluding hydrogens is 300 g/mol. The molecule has 24 heavy (non-hydrogen) atoms. The number of aromatic nitrogens is 3. The Balaban J connectivity index is 1.29. The minimum Gasteiger partial charge on any atom is -0.382 e. The van der Waals surface area contributed by atoms with Crippen molar-refractivity contribution in [2.75, 3.05) is 5.32 Å². The molecule has 1 aliphatic rings. The van der Waals surface area contributed by atoms with Gasteiger partial charge in [0, 0.05) is 17.9 Å². The molecule has 1 saturated carbocycles. The second-order valence-electron chi connectivity index (χ2n) is 6.41. The summed E-state index contributed by atoms with van der Waals surface area (Å²) in [5, 5.41) is 11.7. The highest BCUT2D eigenvalue weighted by Gasteiger charge is 2.22. The molecule has 0 radical (unpaired) electrons. The van der Waals surface area contributed by atoms with Gasteiger partial charge in [-0.3, -0.25) is 5.10 Å². The van der Waals surface area contributed by atoms with Crippen LogP contribution < -0.4 is 5.32 Å². The first-order valence-electron chi connectivity index (χ1n) is 8.58. The number of nitrogens with one attached hydrogen (secondary N) is 2. The molecule has 0 atom stereocenters. The SMILES string of the molecule is c1ccc(COC2CCC(Nc3ccnc4[nH]ncc34)CC2)cc1. The van der Waals surface area contributed by atoms with Gasteiger partial charge in [-0.25, -0.2) is 4.98 Å². The van der Waals surface area contributed by atoms with Crippen LogP contribution in [0.3, 0.4) is 0 Å². The van der Waals surface area contributed by atoms with Crippen molar-refractivity contribution < 1.29 is 4.74 Å². The number of anilines is 1. The Morgan fingerprint density at radius 3 is 2.75 bits per heavy atom. The first-order valence-corrected chi connectivity index (χ1v) is 8.58. The molecular formula is C19H22N4O. The summed E-state index contributed by atoms with van der Waals surface area (Å²) in [6, 6.07) is 12.9. The molecule has 1 aromatic carbocycles. The maximum Gasteiger partial charge on any atom is 0.157 e. The maximum atomic E-state index is 6.07. The molecule has 1 aliphatic carbocycles. The first-order chi connectivity index (χ1) is 11.9. The average Bonchev–Trinajstić information content (AvgIpc) is 3.12. The Labute approximate surface area is 141 Å². The van der Waals surface area contributed by atoms with Crippen molar-refractivity contribution in [3.8, 4) is 0 Å². The van der Waals surface area contributed by atoms with Crippen molar-refractivity contribution in [2.24, 2.45) is 0 Å². The average molecular weight is 322 g/mol. The van der Waals surface area contributed by atoms with E-state index < -0.39 is 0 Å². The van der Waals surface area contributed by atoms with Crippen LogP contribution in [0.5, 0.6) is 0 Å². The molecule has 0 spiro atoms. The molecule has 0 saturated heterocycles. The van der Waals surface area contributed by atoms with Crippen LogP contribution in [-0.4, -0.2) is 27.3 Å². The number of fused-ring (bicyclic) bond motifs is 1. The van der Waals surface area contributed by atoms with Gasteiger partial charge in [0.1, 0.15) is 0 Å². The number of aromatic amines is 1. The van der Waals surface area contributed by atoms with E-state index in [1.165, 1.54) is 5.56 Å². The molecule has 0 bridgehead atoms. The van der Waals surface area contributed by atoms with Gasteiger partial charge < -0.3 is 10.1 Å². The number of pyridine rings is 1. The van der Waals surface area contributed by atoms with E-state index in [1.807, 2.05) is 24.5 Å². The van der Waals surface area contributed by atoms with Crippen LogP contribution in [0.2, 0.25) is 0 Å². The third-order valence-corrected chi connectivity index (χ3v) is 4.72. The molecule has 124 valence electrons. The van der Waals surface area contributed by atoms with E-state index in [-0.39, 0.29) is 0 Å². The summed E-state index contributed by atoms with van der Waals surface area (Å²) >= 11 is 0. The largest absolute Gasteiger partial charge is 0.382 e. The second-order valence-corrected chi connectivity index (χ2v) is 6.41. The Morgan fingerprint density at radius 2 is 1.92 bits per heavy atom. The Bertz CT molecular complexity index is 778. The fraction of sp³-hybridized carbons (Fsp3) is 0.368. The zero-order chi connectivity index (χ0) is 16.2. The highest BCUT2D eigenvalue weighted by molar-refractivity contribution is 5.88. The number of hydrogen-bond acceptors (Lipinski definition) is 4. The molecule has 3 aromatic rings. The number of benzene rings is 1. The predicted molar refractivity (Wildman–Crippen MR) is 94.8 cm³/mol. The molecule has 2 aromatic heterocycles. The van der Waals surface area contributed by atoms with Crippen LogP contribution in [0.4, 0.5) is 5.69 Å². The third kappa shape index (κ3) is 3.41. The number of rotatable bonds is 5. The van der Waals surface area contributed by atoms with Gasteiger partial charge in [-0.15, -0.1) is 0 Å². The Kier molecular flexibility index (Phi) is 4.42. The monoisotopic (exact) mass is 322 g/mol. The van der Waals surface area contributed by atoms with E-state index in [0.717, 1.165) is 42.4 Å². The molecule has 2 heterocycles. The molecule has 0 aliphatic heterocycles. The molecule has 0 unspecified atom stereocenters. The molecule has 1 fully saturated rings. The fourth-order valence-corrected chi connectivity index (χ4v) is 3.36. The van der Waals surface area contributed by atoms with Crippen LogP contribution in [-0.2, 0) is 11.3 Å². The molecule has 0 amide bonds. The van der Waals surface area contributed by atoms with Crippen molar-refractivity contribution in [1.29, 1.82) is 0 Å². The van der Waals surface area contributed by atoms with Gasteiger partial charge in [-0.05, 0) is 37.3 Å². The van der Waals surface area contributed by atoms with Crippen LogP contribution in [0.1, 0.15) is 31.2 Å². The van der Waals surface area contributed by atoms with Gasteiger partial charge in [0.25, 0.3) is 0 Å². The summed E-state index contributed by atoms with van der Waals surface area (Å²) in [6.07, 6.45) is 8.47. The lowest BCUT2D eigenvalue weighted by molar-refractivity contribution is 0.0150. The lowest BCUT2D eigenvalue weighted by atomic mass is 9.92. The molecule has 4 rings (SSSR count). The minimum atomic E-state index is 0.370. The topological polar surface area (TPSA) is 62.8 Å². The van der Waals surface area contributed by atoms with Crippen LogP contribution in [0.25, 0.3) is 11.0 Å². The Hall–Kier alpha value is -2.40. The van der Waals surface area contributed by atoms with Gasteiger partial charge in [0.2, 0.25) is 0 Å². The van der Waals surface area contributed by atoms with Crippen molar-refractivity contribution in [3.63, 3.8) is 0 Å². The normalized spacial score (nSPS) is 21.0. The second kappa shape index (κ2) is 7.01. The van der Waals surface area contributed by atoms with Gasteiger partial charge in [-0.1, -0.05) is 30.3 Å². The summed E-state index contributed by atoms with van der Waals surface area (Å²) < 4.78 is 6.07. The molecule has 5 nitrogen and oxygen atoms in total. The van der Waals surface area contributed by atoms with Gasteiger partial charge in [0.05, 0.1) is 24.3 Å². The zero-order valence-electron chi connectivity index (χ0n) is 13.6. The van der Waals surface area contributed by atoms with Crippen molar-refractivity contribution in [1.82, 2.24) is 15.2 Å². The standard InChI is InChI=1S/C19H22N4O/c1-2-4-14(5-3-1)13-24-16-8-6-15(7-9-16)22-18-10-11-20-19-17(18)12-21-23-19/h1-5,10-12,15-16H,6-9,13H2,(H2,20,21,22,23). The summed E-state index contributed by atoms with van der Waals surface area (Å²) in [5.41, 5.74) is 3.19. The van der Waals surface area contributed by atoms with Crippen LogP contribution >= 0.6 is 0 Å². The van der Waals surface area contributed by atoms with Crippen molar-refractivity contribution in [3.05, 3.63) is 54.4 Å². The highest BCUT2D eigenvalue weighted by atomic mass is 16.5. The first kappa shape index (κ1) is 15.1. The van der Waals surface area contributed by atoms with Crippen LogP contribution in [0, 0.1) is 0 Å². The summed E-state index contributed by atoms with van der Waals surface area (Å²) in [5.74, 6) is 0. The van der Waals surface area contributed by atoms with Crippen molar-refractivity contribution >= 4 is 16.7 Å². The third-order valence-electron chi connectivity index (χ3n) is 4.72. The highest BCUT2D eigenvalue weighted by Crippen LogP contribution is 2.27. The lowest BCUT2D eigenvalue weighted by Crippen LogP contribution is -2.29. The predicted octanol–water partition coefficient (Wildman–Crippen LogP) is 3.90. The summed E-state index contributed by atoms with van der Waals surface area (Å²) in [7, 11) is 0. The van der Waals surface area contributed by atoms with E-state index in [4.69, 9.17) is 4.74 Å². The molecule has 5 heteroatoms. The Morgan fingerprint density at radius 1 is 1.08 bits per heavy atom. The van der Waals surface area contributed by atoms with E-state index in [0.29, 0.717) is 18.8 Å². The minimum absolute atomic E-state index is 0.370. The number of H-pyrrole nitrogens is 1. The zero-order valence-corrected chi connectivity index (χ0v) is 13.6. The summed E-state index contributed by atoms with van der Waals surface area (Å²) in [4.78, 5) is 4.28. The van der Waals surface area contributed by atoms with E-state index in [2.05, 4.69) is 44.8 Å². The van der Waals surface area contributed by atoms with Gasteiger partial charge >= 0.3 is 0 Å². The number of ether oxygens (including phenoxy) is 1.